The number of nitrogens with two attached hydrogens (primary N) is 2. The SMILES string of the molecule is COc1cc([C@H](C(=O)NC2CCCCC2)N(Cc2ccccc2)C(=O)c2snc(C(N)=O)c2N)ccc1O. The van der Waals surface area contributed by atoms with E-state index in [9.17, 15) is 19.5 Å². The molecule has 0 saturated heterocycles. The summed E-state index contributed by atoms with van der Waals surface area (Å²) in [6, 6.07) is 12.7. The zero-order chi connectivity index (χ0) is 27.2. The van der Waals surface area contributed by atoms with Crippen LogP contribution in [-0.4, -0.2) is 45.3 Å². The fourth-order valence-electron chi connectivity index (χ4n) is 4.68. The van der Waals surface area contributed by atoms with Crippen LogP contribution in [0, 0.1) is 0 Å². The second kappa shape index (κ2) is 12.0. The number of nitrogens with zero attached hydrogens (tertiary/aromatic N) is 2. The first-order chi connectivity index (χ1) is 18.3. The molecule has 1 aliphatic rings. The smallest absolute Gasteiger partial charge is 0.270 e. The molecule has 2 aromatic carbocycles. The molecule has 10 nitrogen and oxygen atoms in total. The molecule has 1 aliphatic carbocycles. The van der Waals surface area contributed by atoms with Crippen LogP contribution in [0.25, 0.3) is 0 Å². The average Bonchev–Trinajstić information content (AvgIpc) is 3.31. The first kappa shape index (κ1) is 26.9. The molecule has 3 amide bonds. The first-order valence-electron chi connectivity index (χ1n) is 12.4. The van der Waals surface area contributed by atoms with Gasteiger partial charge in [-0.25, -0.2) is 0 Å². The summed E-state index contributed by atoms with van der Waals surface area (Å²) in [6.45, 7) is 0.0643. The van der Waals surface area contributed by atoms with E-state index >= 15 is 0 Å². The largest absolute Gasteiger partial charge is 0.504 e. The lowest BCUT2D eigenvalue weighted by molar-refractivity contribution is -0.127. The molecule has 200 valence electrons. The Hall–Kier alpha value is -4.12. The van der Waals surface area contributed by atoms with Crippen molar-refractivity contribution in [3.8, 4) is 11.5 Å². The molecule has 1 saturated carbocycles. The maximum atomic E-state index is 14.0. The second-order valence-corrected chi connectivity index (χ2v) is 10.0. The molecule has 0 bridgehead atoms. The standard InChI is InChI=1S/C27H31N5O5S/c1-37-20-14-17(12-13-19(20)33)23(26(35)30-18-10-6-3-7-11-18)32(15-16-8-4-2-5-9-16)27(36)24-21(28)22(25(29)34)31-38-24/h2,4-5,8-9,12-14,18,23,33H,3,6-7,10-11,15,28H2,1H3,(H2,29,34)(H,30,35)/t23-/m1/s1. The number of hydrogen-bond donors (Lipinski definition) is 4. The van der Waals surface area contributed by atoms with E-state index in [1.807, 2.05) is 30.3 Å². The van der Waals surface area contributed by atoms with Gasteiger partial charge in [0.25, 0.3) is 11.8 Å². The van der Waals surface area contributed by atoms with Crippen LogP contribution < -0.4 is 21.5 Å². The van der Waals surface area contributed by atoms with Crippen LogP contribution in [0.15, 0.2) is 48.5 Å². The quantitative estimate of drug-likeness (QED) is 0.325. The van der Waals surface area contributed by atoms with Crippen molar-refractivity contribution in [3.05, 3.63) is 70.2 Å². The summed E-state index contributed by atoms with van der Waals surface area (Å²) in [5.41, 5.74) is 12.4. The predicted octanol–water partition coefficient (Wildman–Crippen LogP) is 3.37. The Morgan fingerprint density at radius 1 is 1.16 bits per heavy atom. The van der Waals surface area contributed by atoms with Crippen LogP contribution in [0.5, 0.6) is 11.5 Å². The minimum absolute atomic E-state index is 0.0101. The average molecular weight is 538 g/mol. The lowest BCUT2D eigenvalue weighted by Gasteiger charge is -2.33. The van der Waals surface area contributed by atoms with Crippen LogP contribution in [0.1, 0.15) is 69.4 Å². The summed E-state index contributed by atoms with van der Waals surface area (Å²) in [5, 5.41) is 13.3. The van der Waals surface area contributed by atoms with Crippen molar-refractivity contribution >= 4 is 34.9 Å². The van der Waals surface area contributed by atoms with E-state index in [2.05, 4.69) is 9.69 Å². The van der Waals surface area contributed by atoms with Crippen LogP contribution in [-0.2, 0) is 11.3 Å². The van der Waals surface area contributed by atoms with E-state index in [4.69, 9.17) is 16.2 Å². The van der Waals surface area contributed by atoms with Gasteiger partial charge in [0.05, 0.1) is 12.8 Å². The Labute approximate surface area is 224 Å². The van der Waals surface area contributed by atoms with E-state index in [1.54, 1.807) is 6.07 Å². The van der Waals surface area contributed by atoms with Gasteiger partial charge in [0.1, 0.15) is 10.9 Å². The number of rotatable bonds is 9. The van der Waals surface area contributed by atoms with Crippen molar-refractivity contribution in [2.24, 2.45) is 5.73 Å². The number of hydrogen-bond acceptors (Lipinski definition) is 8. The summed E-state index contributed by atoms with van der Waals surface area (Å²) in [7, 11) is 1.41. The number of carbonyl (C=O) groups excluding carboxylic acids is 3. The Bertz CT molecular complexity index is 1310. The minimum Gasteiger partial charge on any atom is -0.504 e. The van der Waals surface area contributed by atoms with Gasteiger partial charge in [-0.1, -0.05) is 55.7 Å². The second-order valence-electron chi connectivity index (χ2n) is 9.23. The monoisotopic (exact) mass is 537 g/mol. The highest BCUT2D eigenvalue weighted by molar-refractivity contribution is 7.09. The van der Waals surface area contributed by atoms with E-state index in [1.165, 1.54) is 24.1 Å². The molecule has 3 aromatic rings. The predicted molar refractivity (Wildman–Crippen MR) is 144 cm³/mol. The normalized spacial score (nSPS) is 14.4. The zero-order valence-electron chi connectivity index (χ0n) is 21.1. The molecule has 38 heavy (non-hydrogen) atoms. The number of amides is 3. The molecule has 1 fully saturated rings. The molecule has 4 rings (SSSR count). The summed E-state index contributed by atoms with van der Waals surface area (Å²) in [4.78, 5) is 41.2. The Morgan fingerprint density at radius 2 is 1.87 bits per heavy atom. The molecule has 6 N–H and O–H groups in total. The summed E-state index contributed by atoms with van der Waals surface area (Å²) in [5.74, 6) is -1.72. The van der Waals surface area contributed by atoms with E-state index in [0.29, 0.717) is 5.56 Å². The summed E-state index contributed by atoms with van der Waals surface area (Å²) in [6.07, 6.45) is 4.86. The van der Waals surface area contributed by atoms with E-state index in [0.717, 1.165) is 49.2 Å². The highest BCUT2D eigenvalue weighted by atomic mass is 32.1. The number of aromatic nitrogens is 1. The number of carbonyl (C=O) groups is 3. The fourth-order valence-corrected chi connectivity index (χ4v) is 5.45. The number of nitrogen functional groups attached to an aromatic ring is 1. The third-order valence-electron chi connectivity index (χ3n) is 6.64. The molecular weight excluding hydrogens is 506 g/mol. The van der Waals surface area contributed by atoms with Gasteiger partial charge in [-0.15, -0.1) is 0 Å². The summed E-state index contributed by atoms with van der Waals surface area (Å²) >= 11 is 0.758. The van der Waals surface area contributed by atoms with Crippen LogP contribution in [0.4, 0.5) is 5.69 Å². The number of phenols is 1. The van der Waals surface area contributed by atoms with E-state index in [-0.39, 0.29) is 46.3 Å². The Morgan fingerprint density at radius 3 is 2.50 bits per heavy atom. The number of nitrogens with one attached hydrogen (secondary N) is 1. The molecule has 11 heteroatoms. The lowest BCUT2D eigenvalue weighted by atomic mass is 9.94. The van der Waals surface area contributed by atoms with Crippen molar-refractivity contribution < 1.29 is 24.2 Å². The molecule has 0 radical (unpaired) electrons. The van der Waals surface area contributed by atoms with Crippen molar-refractivity contribution in [1.82, 2.24) is 14.6 Å². The van der Waals surface area contributed by atoms with Crippen LogP contribution in [0.3, 0.4) is 0 Å². The topological polar surface area (TPSA) is 161 Å². The number of aromatic hydroxyl groups is 1. The fraction of sp³-hybridized carbons (Fsp3) is 0.333. The lowest BCUT2D eigenvalue weighted by Crippen LogP contribution is -2.46. The minimum atomic E-state index is -1.10. The maximum absolute atomic E-state index is 14.0. The molecule has 1 heterocycles. The van der Waals surface area contributed by atoms with Crippen molar-refractivity contribution in [3.63, 3.8) is 0 Å². The highest BCUT2D eigenvalue weighted by Gasteiger charge is 2.36. The van der Waals surface area contributed by atoms with Gasteiger partial charge in [-0.2, -0.15) is 4.37 Å². The zero-order valence-corrected chi connectivity index (χ0v) is 21.9. The van der Waals surface area contributed by atoms with Gasteiger partial charge < -0.3 is 31.5 Å². The van der Waals surface area contributed by atoms with Crippen molar-refractivity contribution in [2.75, 3.05) is 12.8 Å². The molecule has 0 unspecified atom stereocenters. The number of anilines is 1. The Kier molecular flexibility index (Phi) is 8.47. The maximum Gasteiger partial charge on any atom is 0.270 e. The molecule has 0 spiro atoms. The number of ether oxygens (including phenoxy) is 1. The molecule has 0 aliphatic heterocycles. The van der Waals surface area contributed by atoms with E-state index < -0.39 is 17.9 Å². The van der Waals surface area contributed by atoms with Gasteiger partial charge in [0.15, 0.2) is 17.2 Å². The number of phenolic OH excluding ortho intramolecular Hbond substituents is 1. The van der Waals surface area contributed by atoms with Gasteiger partial charge >= 0.3 is 0 Å². The van der Waals surface area contributed by atoms with Gasteiger partial charge in [-0.3, -0.25) is 14.4 Å². The third kappa shape index (κ3) is 5.88. The molecule has 1 aromatic heterocycles. The van der Waals surface area contributed by atoms with Crippen molar-refractivity contribution in [2.45, 2.75) is 50.7 Å². The number of primary amides is 1. The van der Waals surface area contributed by atoms with Crippen molar-refractivity contribution in [1.29, 1.82) is 0 Å². The third-order valence-corrected chi connectivity index (χ3v) is 7.49. The van der Waals surface area contributed by atoms with Gasteiger partial charge in [-0.05, 0) is 47.6 Å². The highest BCUT2D eigenvalue weighted by Crippen LogP contribution is 2.35. The first-order valence-corrected chi connectivity index (χ1v) is 13.1. The van der Waals surface area contributed by atoms with Gasteiger partial charge in [0, 0.05) is 12.6 Å². The van der Waals surface area contributed by atoms with Crippen LogP contribution >= 0.6 is 11.5 Å². The summed E-state index contributed by atoms with van der Waals surface area (Å²) < 4.78 is 9.27. The number of methoxy groups -OCH3 is 1. The van der Waals surface area contributed by atoms with Gasteiger partial charge in [0.2, 0.25) is 5.91 Å². The molecule has 1 atom stereocenters. The number of benzene rings is 2. The Balaban J connectivity index is 1.81. The molecular formula is C27H31N5O5S. The van der Waals surface area contributed by atoms with Crippen LogP contribution in [0.2, 0.25) is 0 Å².